The SMILES string of the molecule is CCOC(=O)C1CCN(C(=O)CCC(=O)NC(C)C23CC4CC(CC(C4)C2)C3)CC1. The van der Waals surface area contributed by atoms with Gasteiger partial charge in [0, 0.05) is 32.0 Å². The van der Waals surface area contributed by atoms with Crippen molar-refractivity contribution in [1.82, 2.24) is 10.2 Å². The van der Waals surface area contributed by atoms with Crippen molar-refractivity contribution in [3.05, 3.63) is 0 Å². The van der Waals surface area contributed by atoms with E-state index in [9.17, 15) is 14.4 Å². The topological polar surface area (TPSA) is 75.7 Å². The van der Waals surface area contributed by atoms with Crippen LogP contribution in [0, 0.1) is 29.1 Å². The van der Waals surface area contributed by atoms with E-state index in [4.69, 9.17) is 4.74 Å². The summed E-state index contributed by atoms with van der Waals surface area (Å²) in [5.41, 5.74) is 0.295. The average molecular weight is 419 g/mol. The summed E-state index contributed by atoms with van der Waals surface area (Å²) in [6.07, 6.45) is 9.85. The van der Waals surface area contributed by atoms with Gasteiger partial charge in [-0.1, -0.05) is 0 Å². The second kappa shape index (κ2) is 8.88. The van der Waals surface area contributed by atoms with Crippen LogP contribution in [0.2, 0.25) is 0 Å². The summed E-state index contributed by atoms with van der Waals surface area (Å²) in [5.74, 6) is 2.39. The van der Waals surface area contributed by atoms with Crippen LogP contribution in [0.15, 0.2) is 0 Å². The highest BCUT2D eigenvalue weighted by atomic mass is 16.5. The molecule has 1 atom stereocenters. The molecule has 0 radical (unpaired) electrons. The molecule has 0 aromatic carbocycles. The Bertz CT molecular complexity index is 633. The molecule has 5 rings (SSSR count). The number of nitrogens with zero attached hydrogens (tertiary/aromatic N) is 1. The number of ether oxygens (including phenoxy) is 1. The number of hydrogen-bond donors (Lipinski definition) is 1. The molecular formula is C24H38N2O4. The fraction of sp³-hybridized carbons (Fsp3) is 0.875. The quantitative estimate of drug-likeness (QED) is 0.644. The van der Waals surface area contributed by atoms with Crippen molar-refractivity contribution >= 4 is 17.8 Å². The fourth-order valence-corrected chi connectivity index (χ4v) is 7.18. The van der Waals surface area contributed by atoms with E-state index < -0.39 is 0 Å². The van der Waals surface area contributed by atoms with Crippen molar-refractivity contribution in [2.24, 2.45) is 29.1 Å². The van der Waals surface area contributed by atoms with Gasteiger partial charge in [0.15, 0.2) is 0 Å². The minimum absolute atomic E-state index is 0.00741. The molecule has 0 aromatic heterocycles. The van der Waals surface area contributed by atoms with Crippen molar-refractivity contribution in [1.29, 1.82) is 0 Å². The Labute approximate surface area is 180 Å². The van der Waals surface area contributed by atoms with Crippen molar-refractivity contribution in [2.75, 3.05) is 19.7 Å². The Kier molecular flexibility index (Phi) is 6.40. The monoisotopic (exact) mass is 418 g/mol. The van der Waals surface area contributed by atoms with Gasteiger partial charge < -0.3 is 15.0 Å². The van der Waals surface area contributed by atoms with E-state index in [0.717, 1.165) is 17.8 Å². The predicted octanol–water partition coefficient (Wildman–Crippen LogP) is 3.29. The number of amides is 2. The lowest BCUT2D eigenvalue weighted by Crippen LogP contribution is -2.55. The summed E-state index contributed by atoms with van der Waals surface area (Å²) in [4.78, 5) is 38.8. The molecule has 5 aliphatic rings. The molecule has 0 aromatic rings. The van der Waals surface area contributed by atoms with Gasteiger partial charge in [0.2, 0.25) is 11.8 Å². The molecule has 168 valence electrons. The van der Waals surface area contributed by atoms with E-state index in [-0.39, 0.29) is 42.6 Å². The van der Waals surface area contributed by atoms with Gasteiger partial charge in [0.25, 0.3) is 0 Å². The maximum atomic E-state index is 12.6. The Balaban J connectivity index is 1.20. The van der Waals surface area contributed by atoms with Gasteiger partial charge in [-0.2, -0.15) is 0 Å². The molecule has 1 heterocycles. The first-order chi connectivity index (χ1) is 14.4. The smallest absolute Gasteiger partial charge is 0.309 e. The van der Waals surface area contributed by atoms with Gasteiger partial charge in [0.1, 0.15) is 0 Å². The van der Waals surface area contributed by atoms with Crippen LogP contribution in [0.25, 0.3) is 0 Å². The molecule has 1 saturated heterocycles. The standard InChI is InChI=1S/C24H38N2O4/c1-3-30-23(29)20-6-8-26(9-7-20)22(28)5-4-21(27)25-16(2)24-13-17-10-18(14-24)12-19(11-17)15-24/h16-20H,3-15H2,1-2H3,(H,25,27). The molecule has 1 aliphatic heterocycles. The van der Waals surface area contributed by atoms with E-state index in [1.165, 1.54) is 38.5 Å². The van der Waals surface area contributed by atoms with Crippen LogP contribution in [0.4, 0.5) is 0 Å². The van der Waals surface area contributed by atoms with E-state index in [1.54, 1.807) is 4.90 Å². The number of hydrogen-bond acceptors (Lipinski definition) is 4. The normalized spacial score (nSPS) is 33.9. The molecule has 1 N–H and O–H groups in total. The van der Waals surface area contributed by atoms with E-state index in [0.29, 0.717) is 38.0 Å². The summed E-state index contributed by atoms with van der Waals surface area (Å²) in [5, 5.41) is 3.26. The molecule has 4 aliphatic carbocycles. The maximum Gasteiger partial charge on any atom is 0.309 e. The van der Waals surface area contributed by atoms with Crippen LogP contribution in [0.1, 0.15) is 78.1 Å². The van der Waals surface area contributed by atoms with Gasteiger partial charge in [-0.25, -0.2) is 0 Å². The molecule has 6 nitrogen and oxygen atoms in total. The third-order valence-corrected chi connectivity index (χ3v) is 8.42. The predicted molar refractivity (Wildman–Crippen MR) is 113 cm³/mol. The highest BCUT2D eigenvalue weighted by molar-refractivity contribution is 5.84. The molecule has 5 fully saturated rings. The Morgan fingerprint density at radius 2 is 1.57 bits per heavy atom. The number of carbonyl (C=O) groups is 3. The summed E-state index contributed by atoms with van der Waals surface area (Å²) in [6, 6.07) is 0.203. The minimum atomic E-state index is -0.150. The Hall–Kier alpha value is -1.59. The van der Waals surface area contributed by atoms with E-state index in [2.05, 4.69) is 12.2 Å². The van der Waals surface area contributed by atoms with Crippen LogP contribution in [0.3, 0.4) is 0 Å². The first kappa shape index (κ1) is 21.6. The molecule has 6 heteroatoms. The largest absolute Gasteiger partial charge is 0.466 e. The average Bonchev–Trinajstić information content (AvgIpc) is 2.71. The summed E-state index contributed by atoms with van der Waals surface area (Å²) in [6.45, 7) is 5.55. The van der Waals surface area contributed by atoms with Crippen molar-refractivity contribution in [2.45, 2.75) is 84.1 Å². The lowest BCUT2D eigenvalue weighted by Gasteiger charge is -2.59. The van der Waals surface area contributed by atoms with Gasteiger partial charge in [-0.05, 0) is 88.4 Å². The van der Waals surface area contributed by atoms with Crippen molar-refractivity contribution in [3.63, 3.8) is 0 Å². The second-order valence-corrected chi connectivity index (χ2v) is 10.5. The van der Waals surface area contributed by atoms with Crippen LogP contribution >= 0.6 is 0 Å². The zero-order valence-corrected chi connectivity index (χ0v) is 18.7. The molecule has 30 heavy (non-hydrogen) atoms. The number of carbonyl (C=O) groups excluding carboxylic acids is 3. The molecular weight excluding hydrogens is 380 g/mol. The van der Waals surface area contributed by atoms with Crippen LogP contribution in [0.5, 0.6) is 0 Å². The zero-order chi connectivity index (χ0) is 21.3. The number of likely N-dealkylation sites (tertiary alicyclic amines) is 1. The van der Waals surface area contributed by atoms with Gasteiger partial charge in [0.05, 0.1) is 12.5 Å². The second-order valence-electron chi connectivity index (χ2n) is 10.5. The number of esters is 1. The molecule has 4 saturated carbocycles. The van der Waals surface area contributed by atoms with Crippen LogP contribution in [-0.4, -0.2) is 48.4 Å². The van der Waals surface area contributed by atoms with Gasteiger partial charge in [-0.3, -0.25) is 14.4 Å². The third-order valence-electron chi connectivity index (χ3n) is 8.42. The lowest BCUT2D eigenvalue weighted by atomic mass is 9.48. The lowest BCUT2D eigenvalue weighted by molar-refractivity contribution is -0.151. The zero-order valence-electron chi connectivity index (χ0n) is 18.7. The number of piperidine rings is 1. The summed E-state index contributed by atoms with van der Waals surface area (Å²) >= 11 is 0. The molecule has 0 spiro atoms. The first-order valence-electron chi connectivity index (χ1n) is 12.1. The molecule has 4 bridgehead atoms. The highest BCUT2D eigenvalue weighted by Crippen LogP contribution is 2.61. The van der Waals surface area contributed by atoms with Crippen LogP contribution in [-0.2, 0) is 19.1 Å². The molecule has 2 amide bonds. The highest BCUT2D eigenvalue weighted by Gasteiger charge is 2.53. The maximum absolute atomic E-state index is 12.6. The van der Waals surface area contributed by atoms with Gasteiger partial charge in [-0.15, -0.1) is 0 Å². The summed E-state index contributed by atoms with van der Waals surface area (Å²) < 4.78 is 5.09. The van der Waals surface area contributed by atoms with Gasteiger partial charge >= 0.3 is 5.97 Å². The minimum Gasteiger partial charge on any atom is -0.466 e. The molecule has 1 unspecified atom stereocenters. The third kappa shape index (κ3) is 4.52. The number of rotatable bonds is 7. The van der Waals surface area contributed by atoms with Crippen molar-refractivity contribution < 1.29 is 19.1 Å². The van der Waals surface area contributed by atoms with Crippen molar-refractivity contribution in [3.8, 4) is 0 Å². The Morgan fingerprint density at radius 3 is 2.10 bits per heavy atom. The first-order valence-corrected chi connectivity index (χ1v) is 12.1. The van der Waals surface area contributed by atoms with E-state index in [1.807, 2.05) is 6.92 Å². The Morgan fingerprint density at radius 1 is 1.00 bits per heavy atom. The summed E-state index contributed by atoms with van der Waals surface area (Å²) in [7, 11) is 0. The number of nitrogens with one attached hydrogen (secondary N) is 1. The van der Waals surface area contributed by atoms with Crippen LogP contribution < -0.4 is 5.32 Å². The fourth-order valence-electron chi connectivity index (χ4n) is 7.18. The van der Waals surface area contributed by atoms with E-state index >= 15 is 0 Å².